The summed E-state index contributed by atoms with van der Waals surface area (Å²) in [5.41, 5.74) is 0. The van der Waals surface area contributed by atoms with Crippen LogP contribution in [0.15, 0.2) is 0 Å². The highest BCUT2D eigenvalue weighted by Gasteiger charge is 2.12. The van der Waals surface area contributed by atoms with E-state index in [1.807, 2.05) is 0 Å². The Bertz CT molecular complexity index is 147. The van der Waals surface area contributed by atoms with Gasteiger partial charge < -0.3 is 14.8 Å². The molecule has 0 amide bonds. The molecule has 1 saturated carbocycles. The quantitative estimate of drug-likeness (QED) is 0.659. The zero-order chi connectivity index (χ0) is 10.9. The van der Waals surface area contributed by atoms with Gasteiger partial charge in [0.2, 0.25) is 0 Å². The van der Waals surface area contributed by atoms with Crippen LogP contribution in [0.2, 0.25) is 0 Å². The van der Waals surface area contributed by atoms with Crippen molar-refractivity contribution in [1.82, 2.24) is 5.32 Å². The third-order valence-corrected chi connectivity index (χ3v) is 3.02. The van der Waals surface area contributed by atoms with Crippen LogP contribution in [-0.4, -0.2) is 39.0 Å². The van der Waals surface area contributed by atoms with Crippen LogP contribution in [0.3, 0.4) is 0 Å². The summed E-state index contributed by atoms with van der Waals surface area (Å²) in [6.45, 7) is 4.74. The molecule has 0 aromatic rings. The molecule has 0 bridgehead atoms. The minimum atomic E-state index is 0.291. The minimum absolute atomic E-state index is 0.291. The summed E-state index contributed by atoms with van der Waals surface area (Å²) in [5.74, 6) is 0. The van der Waals surface area contributed by atoms with Crippen LogP contribution >= 0.6 is 0 Å². The number of hydrogen-bond donors (Lipinski definition) is 1. The molecular weight excluding hydrogens is 190 g/mol. The van der Waals surface area contributed by atoms with E-state index in [2.05, 4.69) is 12.2 Å². The van der Waals surface area contributed by atoms with Gasteiger partial charge in [0.25, 0.3) is 0 Å². The van der Waals surface area contributed by atoms with Crippen LogP contribution in [0.5, 0.6) is 0 Å². The van der Waals surface area contributed by atoms with Crippen LogP contribution in [0.1, 0.15) is 39.0 Å². The van der Waals surface area contributed by atoms with Gasteiger partial charge >= 0.3 is 0 Å². The number of nitrogens with one attached hydrogen (secondary N) is 1. The molecule has 1 N–H and O–H groups in total. The Morgan fingerprint density at radius 1 is 1.27 bits per heavy atom. The molecule has 3 heteroatoms. The molecule has 0 aromatic heterocycles. The number of rotatable bonds is 7. The van der Waals surface area contributed by atoms with Gasteiger partial charge in [0.1, 0.15) is 0 Å². The van der Waals surface area contributed by atoms with Crippen LogP contribution in [-0.2, 0) is 9.47 Å². The fourth-order valence-corrected chi connectivity index (χ4v) is 1.92. The maximum absolute atomic E-state index is 5.80. The van der Waals surface area contributed by atoms with Gasteiger partial charge in [-0.2, -0.15) is 0 Å². The molecule has 0 aliphatic heterocycles. The van der Waals surface area contributed by atoms with Crippen molar-refractivity contribution >= 4 is 0 Å². The fraction of sp³-hybridized carbons (Fsp3) is 1.00. The Morgan fingerprint density at radius 2 is 2.00 bits per heavy atom. The Balaban J connectivity index is 1.87. The van der Waals surface area contributed by atoms with Crippen LogP contribution < -0.4 is 5.32 Å². The highest BCUT2D eigenvalue weighted by atomic mass is 16.5. The van der Waals surface area contributed by atoms with Crippen LogP contribution in [0, 0.1) is 0 Å². The molecule has 0 saturated heterocycles. The zero-order valence-corrected chi connectivity index (χ0v) is 10.1. The summed E-state index contributed by atoms with van der Waals surface area (Å²) < 4.78 is 10.9. The van der Waals surface area contributed by atoms with Gasteiger partial charge in [-0.05, 0) is 19.8 Å². The van der Waals surface area contributed by atoms with Crippen molar-refractivity contribution in [3.05, 3.63) is 0 Å². The van der Waals surface area contributed by atoms with Crippen molar-refractivity contribution < 1.29 is 9.47 Å². The fourth-order valence-electron chi connectivity index (χ4n) is 1.92. The lowest BCUT2D eigenvalue weighted by molar-refractivity contribution is 0.0286. The van der Waals surface area contributed by atoms with Gasteiger partial charge in [0.05, 0.1) is 18.8 Å². The molecule has 15 heavy (non-hydrogen) atoms. The molecule has 0 spiro atoms. The van der Waals surface area contributed by atoms with Gasteiger partial charge in [0, 0.05) is 20.2 Å². The highest BCUT2D eigenvalue weighted by Crippen LogP contribution is 2.19. The molecule has 90 valence electrons. The molecule has 1 aliphatic carbocycles. The third-order valence-electron chi connectivity index (χ3n) is 3.02. The standard InChI is InChI=1S/C12H25NO2/c1-11(14-2)10-13-8-9-15-12-6-4-3-5-7-12/h11-13H,3-10H2,1-2H3. The second-order valence-electron chi connectivity index (χ2n) is 4.38. The number of hydrogen-bond acceptors (Lipinski definition) is 3. The average Bonchev–Trinajstić information content (AvgIpc) is 2.29. The SMILES string of the molecule is COC(C)CNCCOC1CCCCC1. The normalized spacial score (nSPS) is 20.4. The zero-order valence-electron chi connectivity index (χ0n) is 10.1. The van der Waals surface area contributed by atoms with E-state index in [4.69, 9.17) is 9.47 Å². The monoisotopic (exact) mass is 215 g/mol. The number of methoxy groups -OCH3 is 1. The summed E-state index contributed by atoms with van der Waals surface area (Å²) in [7, 11) is 1.74. The smallest absolute Gasteiger partial charge is 0.0667 e. The average molecular weight is 215 g/mol. The summed E-state index contributed by atoms with van der Waals surface area (Å²) >= 11 is 0. The van der Waals surface area contributed by atoms with E-state index >= 15 is 0 Å². The van der Waals surface area contributed by atoms with Crippen molar-refractivity contribution in [1.29, 1.82) is 0 Å². The van der Waals surface area contributed by atoms with Crippen molar-refractivity contribution in [3.8, 4) is 0 Å². The van der Waals surface area contributed by atoms with Gasteiger partial charge in [-0.1, -0.05) is 19.3 Å². The van der Waals surface area contributed by atoms with Crippen molar-refractivity contribution in [2.45, 2.75) is 51.2 Å². The van der Waals surface area contributed by atoms with E-state index in [0.29, 0.717) is 12.2 Å². The first-order valence-electron chi connectivity index (χ1n) is 6.18. The van der Waals surface area contributed by atoms with Gasteiger partial charge in [-0.25, -0.2) is 0 Å². The van der Waals surface area contributed by atoms with Crippen molar-refractivity contribution in [3.63, 3.8) is 0 Å². The Morgan fingerprint density at radius 3 is 2.67 bits per heavy atom. The maximum Gasteiger partial charge on any atom is 0.0667 e. The number of ether oxygens (including phenoxy) is 2. The van der Waals surface area contributed by atoms with Gasteiger partial charge in [-0.3, -0.25) is 0 Å². The Labute approximate surface area is 93.5 Å². The molecule has 1 fully saturated rings. The molecule has 3 nitrogen and oxygen atoms in total. The first-order chi connectivity index (χ1) is 7.33. The largest absolute Gasteiger partial charge is 0.380 e. The summed E-state index contributed by atoms with van der Waals surface area (Å²) in [4.78, 5) is 0. The molecule has 0 aromatic carbocycles. The molecular formula is C12H25NO2. The minimum Gasteiger partial charge on any atom is -0.380 e. The van der Waals surface area contributed by atoms with E-state index < -0.39 is 0 Å². The van der Waals surface area contributed by atoms with Crippen LogP contribution in [0.4, 0.5) is 0 Å². The summed E-state index contributed by atoms with van der Waals surface area (Å²) in [6, 6.07) is 0. The van der Waals surface area contributed by atoms with Gasteiger partial charge in [0.15, 0.2) is 0 Å². The maximum atomic E-state index is 5.80. The first kappa shape index (κ1) is 12.9. The Hall–Kier alpha value is -0.120. The third kappa shape index (κ3) is 6.13. The molecule has 1 unspecified atom stereocenters. The predicted molar refractivity (Wildman–Crippen MR) is 62.2 cm³/mol. The van der Waals surface area contributed by atoms with E-state index in [0.717, 1.165) is 19.7 Å². The van der Waals surface area contributed by atoms with E-state index in [-0.39, 0.29) is 0 Å². The first-order valence-corrected chi connectivity index (χ1v) is 6.18. The lowest BCUT2D eigenvalue weighted by Crippen LogP contribution is -2.30. The van der Waals surface area contributed by atoms with E-state index in [1.54, 1.807) is 7.11 Å². The topological polar surface area (TPSA) is 30.5 Å². The summed E-state index contributed by atoms with van der Waals surface area (Å²) in [5, 5.41) is 3.33. The lowest BCUT2D eigenvalue weighted by atomic mass is 9.98. The summed E-state index contributed by atoms with van der Waals surface area (Å²) in [6.07, 6.45) is 7.42. The lowest BCUT2D eigenvalue weighted by Gasteiger charge is -2.22. The molecule has 1 atom stereocenters. The Kier molecular flexibility index (Phi) is 6.98. The van der Waals surface area contributed by atoms with Crippen molar-refractivity contribution in [2.24, 2.45) is 0 Å². The van der Waals surface area contributed by atoms with Crippen molar-refractivity contribution in [2.75, 3.05) is 26.8 Å². The predicted octanol–water partition coefficient (Wildman–Crippen LogP) is 1.96. The van der Waals surface area contributed by atoms with Gasteiger partial charge in [-0.15, -0.1) is 0 Å². The molecule has 0 heterocycles. The second kappa shape index (κ2) is 8.08. The second-order valence-corrected chi connectivity index (χ2v) is 4.38. The van der Waals surface area contributed by atoms with Crippen LogP contribution in [0.25, 0.3) is 0 Å². The molecule has 0 radical (unpaired) electrons. The molecule has 1 aliphatic rings. The highest BCUT2D eigenvalue weighted by molar-refractivity contribution is 4.65. The van der Waals surface area contributed by atoms with E-state index in [1.165, 1.54) is 32.1 Å². The molecule has 1 rings (SSSR count). The van der Waals surface area contributed by atoms with E-state index in [9.17, 15) is 0 Å².